The Kier molecular flexibility index (Phi) is 7.15. The normalized spacial score (nSPS) is 12.8. The standard InChI is InChI=1S/C26H26N2O2S/c29-25(22-8-7-20-5-1-2-6-21(20)16-22)13-14-26(30)28-23-9-11-24(12-10-23)31-18-19-4-3-15-27-17-19/h3-4,7-12,15-17H,1-2,5-6,13-14,18H2,(H,28,30). The summed E-state index contributed by atoms with van der Waals surface area (Å²) in [6, 6.07) is 17.8. The Morgan fingerprint density at radius 1 is 0.935 bits per heavy atom. The number of carbonyl (C=O) groups excluding carboxylic acids is 2. The lowest BCUT2D eigenvalue weighted by atomic mass is 9.89. The number of nitrogens with zero attached hydrogens (tertiary/aromatic N) is 1. The van der Waals surface area contributed by atoms with E-state index in [0.717, 1.165) is 34.7 Å². The zero-order chi connectivity index (χ0) is 21.5. The zero-order valence-corrected chi connectivity index (χ0v) is 18.3. The van der Waals surface area contributed by atoms with E-state index >= 15 is 0 Å². The molecule has 3 aromatic rings. The van der Waals surface area contributed by atoms with E-state index in [0.29, 0.717) is 0 Å². The lowest BCUT2D eigenvalue weighted by molar-refractivity contribution is -0.116. The molecule has 31 heavy (non-hydrogen) atoms. The Morgan fingerprint density at radius 2 is 1.74 bits per heavy atom. The van der Waals surface area contributed by atoms with Crippen LogP contribution in [0.2, 0.25) is 0 Å². The largest absolute Gasteiger partial charge is 0.326 e. The lowest BCUT2D eigenvalue weighted by Crippen LogP contribution is -2.14. The second kappa shape index (κ2) is 10.4. The Morgan fingerprint density at radius 3 is 2.52 bits per heavy atom. The van der Waals surface area contributed by atoms with E-state index < -0.39 is 0 Å². The maximum Gasteiger partial charge on any atom is 0.224 e. The molecule has 0 radical (unpaired) electrons. The van der Waals surface area contributed by atoms with E-state index in [1.807, 2.05) is 48.7 Å². The van der Waals surface area contributed by atoms with Crippen molar-refractivity contribution >= 4 is 29.1 Å². The number of aromatic nitrogens is 1. The van der Waals surface area contributed by atoms with Gasteiger partial charge in [-0.15, -0.1) is 11.8 Å². The topological polar surface area (TPSA) is 59.1 Å². The smallest absolute Gasteiger partial charge is 0.224 e. The fraction of sp³-hybridized carbons (Fsp3) is 0.269. The number of amides is 1. The number of thioether (sulfide) groups is 1. The second-order valence-electron chi connectivity index (χ2n) is 7.84. The van der Waals surface area contributed by atoms with E-state index in [9.17, 15) is 9.59 Å². The molecule has 1 N–H and O–H groups in total. The van der Waals surface area contributed by atoms with E-state index in [2.05, 4.69) is 22.4 Å². The van der Waals surface area contributed by atoms with Crippen LogP contribution in [0.5, 0.6) is 0 Å². The van der Waals surface area contributed by atoms with Crippen molar-refractivity contribution in [2.24, 2.45) is 0 Å². The summed E-state index contributed by atoms with van der Waals surface area (Å²) in [6.07, 6.45) is 8.62. The number of hydrogen-bond donors (Lipinski definition) is 1. The number of rotatable bonds is 8. The van der Waals surface area contributed by atoms with Gasteiger partial charge < -0.3 is 5.32 Å². The number of hydrogen-bond acceptors (Lipinski definition) is 4. The van der Waals surface area contributed by atoms with Crippen molar-refractivity contribution in [3.63, 3.8) is 0 Å². The molecule has 5 heteroatoms. The number of carbonyl (C=O) groups is 2. The number of fused-ring (bicyclic) bond motifs is 1. The molecule has 4 nitrogen and oxygen atoms in total. The number of ketones is 1. The van der Waals surface area contributed by atoms with Crippen LogP contribution in [0.15, 0.2) is 71.9 Å². The maximum absolute atomic E-state index is 12.5. The van der Waals surface area contributed by atoms with Gasteiger partial charge in [-0.1, -0.05) is 18.2 Å². The van der Waals surface area contributed by atoms with Gasteiger partial charge >= 0.3 is 0 Å². The summed E-state index contributed by atoms with van der Waals surface area (Å²) in [4.78, 5) is 30.1. The molecule has 0 fully saturated rings. The zero-order valence-electron chi connectivity index (χ0n) is 17.5. The Labute approximate surface area is 187 Å². The van der Waals surface area contributed by atoms with Gasteiger partial charge in [-0.05, 0) is 78.8 Å². The molecule has 0 atom stereocenters. The van der Waals surface area contributed by atoms with Gasteiger partial charge in [0.1, 0.15) is 0 Å². The summed E-state index contributed by atoms with van der Waals surface area (Å²) < 4.78 is 0. The predicted molar refractivity (Wildman–Crippen MR) is 126 cm³/mol. The van der Waals surface area contributed by atoms with Gasteiger partial charge in [-0.3, -0.25) is 14.6 Å². The highest BCUT2D eigenvalue weighted by Crippen LogP contribution is 2.25. The van der Waals surface area contributed by atoms with E-state index in [1.54, 1.807) is 18.0 Å². The van der Waals surface area contributed by atoms with Crippen molar-refractivity contribution in [1.82, 2.24) is 4.98 Å². The first kappa shape index (κ1) is 21.3. The molecule has 158 valence electrons. The SMILES string of the molecule is O=C(CCC(=O)c1ccc2c(c1)CCCC2)Nc1ccc(SCc2cccnc2)cc1. The average molecular weight is 431 g/mol. The molecule has 1 aliphatic rings. The minimum Gasteiger partial charge on any atom is -0.326 e. The van der Waals surface area contributed by atoms with E-state index in [4.69, 9.17) is 0 Å². The van der Waals surface area contributed by atoms with Crippen molar-refractivity contribution in [2.75, 3.05) is 5.32 Å². The van der Waals surface area contributed by atoms with Crippen LogP contribution in [-0.4, -0.2) is 16.7 Å². The van der Waals surface area contributed by atoms with Crippen molar-refractivity contribution in [3.05, 3.63) is 89.2 Å². The van der Waals surface area contributed by atoms with Crippen LogP contribution < -0.4 is 5.32 Å². The number of pyridine rings is 1. The molecule has 0 bridgehead atoms. The summed E-state index contributed by atoms with van der Waals surface area (Å²) in [5.74, 6) is 0.748. The third kappa shape index (κ3) is 6.05. The summed E-state index contributed by atoms with van der Waals surface area (Å²) in [7, 11) is 0. The molecule has 0 spiro atoms. The fourth-order valence-corrected chi connectivity index (χ4v) is 4.62. The molecule has 0 aliphatic heterocycles. The molecular weight excluding hydrogens is 404 g/mol. The molecule has 2 aromatic carbocycles. The summed E-state index contributed by atoms with van der Waals surface area (Å²) in [5, 5.41) is 2.89. The first-order valence-electron chi connectivity index (χ1n) is 10.7. The molecule has 4 rings (SSSR count). The van der Waals surface area contributed by atoms with Crippen LogP contribution in [0, 0.1) is 0 Å². The third-order valence-electron chi connectivity index (χ3n) is 5.52. The van der Waals surface area contributed by atoms with Crippen LogP contribution in [0.3, 0.4) is 0 Å². The van der Waals surface area contributed by atoms with Crippen LogP contribution in [-0.2, 0) is 23.4 Å². The number of benzene rings is 2. The fourth-order valence-electron chi connectivity index (χ4n) is 3.79. The van der Waals surface area contributed by atoms with Gasteiger partial charge in [0.05, 0.1) is 0 Å². The van der Waals surface area contributed by atoms with Gasteiger partial charge in [0.15, 0.2) is 5.78 Å². The van der Waals surface area contributed by atoms with E-state index in [1.165, 1.54) is 29.5 Å². The van der Waals surface area contributed by atoms with Crippen molar-refractivity contribution in [2.45, 2.75) is 49.2 Å². The van der Waals surface area contributed by atoms with Crippen LogP contribution in [0.1, 0.15) is 52.7 Å². The molecule has 0 saturated carbocycles. The second-order valence-corrected chi connectivity index (χ2v) is 8.89. The molecule has 1 aliphatic carbocycles. The molecule has 0 unspecified atom stereocenters. The van der Waals surface area contributed by atoms with Gasteiger partial charge in [0.25, 0.3) is 0 Å². The molecule has 1 amide bonds. The summed E-state index contributed by atoms with van der Waals surface area (Å²) in [5.41, 5.74) is 5.31. The summed E-state index contributed by atoms with van der Waals surface area (Å²) in [6.45, 7) is 0. The third-order valence-corrected chi connectivity index (χ3v) is 6.60. The Balaban J connectivity index is 1.24. The predicted octanol–water partition coefficient (Wildman–Crippen LogP) is 5.85. The van der Waals surface area contributed by atoms with Gasteiger partial charge in [-0.2, -0.15) is 0 Å². The molecular formula is C26H26N2O2S. The van der Waals surface area contributed by atoms with Crippen LogP contribution in [0.25, 0.3) is 0 Å². The Hall–Kier alpha value is -2.92. The lowest BCUT2D eigenvalue weighted by Gasteiger charge is -2.16. The highest BCUT2D eigenvalue weighted by molar-refractivity contribution is 7.98. The number of nitrogens with one attached hydrogen (secondary N) is 1. The molecule has 1 aromatic heterocycles. The van der Waals surface area contributed by atoms with Crippen molar-refractivity contribution in [3.8, 4) is 0 Å². The quantitative estimate of drug-likeness (QED) is 0.359. The van der Waals surface area contributed by atoms with Gasteiger partial charge in [0, 0.05) is 47.1 Å². The number of Topliss-reactive ketones (excluding diaryl/α,β-unsaturated/α-hetero) is 1. The van der Waals surface area contributed by atoms with Gasteiger partial charge in [0.2, 0.25) is 5.91 Å². The Bertz CT molecular complexity index is 1050. The highest BCUT2D eigenvalue weighted by atomic mass is 32.2. The number of aryl methyl sites for hydroxylation is 2. The minimum absolute atomic E-state index is 0.0330. The van der Waals surface area contributed by atoms with E-state index in [-0.39, 0.29) is 24.5 Å². The summed E-state index contributed by atoms with van der Waals surface area (Å²) >= 11 is 1.73. The first-order chi connectivity index (χ1) is 15.2. The first-order valence-corrected chi connectivity index (χ1v) is 11.7. The van der Waals surface area contributed by atoms with Crippen LogP contribution in [0.4, 0.5) is 5.69 Å². The monoisotopic (exact) mass is 430 g/mol. The van der Waals surface area contributed by atoms with Crippen molar-refractivity contribution in [1.29, 1.82) is 0 Å². The average Bonchev–Trinajstić information content (AvgIpc) is 2.82. The van der Waals surface area contributed by atoms with Crippen molar-refractivity contribution < 1.29 is 9.59 Å². The molecule has 1 heterocycles. The maximum atomic E-state index is 12.5. The highest BCUT2D eigenvalue weighted by Gasteiger charge is 2.14. The van der Waals surface area contributed by atoms with Crippen LogP contribution >= 0.6 is 11.8 Å². The number of anilines is 1. The molecule has 0 saturated heterocycles. The van der Waals surface area contributed by atoms with Gasteiger partial charge in [-0.25, -0.2) is 0 Å². The minimum atomic E-state index is -0.137.